The minimum atomic E-state index is -0.509. The monoisotopic (exact) mass is 410 g/mol. The molecular formula is C23H23ClN2O3. The van der Waals surface area contributed by atoms with Crippen molar-refractivity contribution in [1.29, 1.82) is 5.26 Å². The first-order valence-electron chi connectivity index (χ1n) is 9.15. The second-order valence-electron chi connectivity index (χ2n) is 6.18. The van der Waals surface area contributed by atoms with E-state index >= 15 is 0 Å². The first-order chi connectivity index (χ1) is 14.0. The number of benzene rings is 2. The van der Waals surface area contributed by atoms with E-state index in [1.54, 1.807) is 43.5 Å². The van der Waals surface area contributed by atoms with Crippen LogP contribution in [0.2, 0.25) is 5.02 Å². The average Bonchev–Trinajstić information content (AvgIpc) is 2.72. The number of nitrogens with one attached hydrogen (secondary N) is 1. The third kappa shape index (κ3) is 6.13. The van der Waals surface area contributed by atoms with E-state index in [9.17, 15) is 10.1 Å². The van der Waals surface area contributed by atoms with Crippen LogP contribution in [0.3, 0.4) is 0 Å². The molecule has 0 atom stereocenters. The molecule has 0 radical (unpaired) electrons. The summed E-state index contributed by atoms with van der Waals surface area (Å²) in [5, 5.41) is 12.7. The average molecular weight is 411 g/mol. The van der Waals surface area contributed by atoms with Gasteiger partial charge in [-0.3, -0.25) is 4.79 Å². The highest BCUT2D eigenvalue weighted by atomic mass is 35.5. The van der Waals surface area contributed by atoms with E-state index in [2.05, 4.69) is 11.9 Å². The minimum absolute atomic E-state index is 0.0335. The molecule has 2 aromatic rings. The van der Waals surface area contributed by atoms with Gasteiger partial charge in [-0.15, -0.1) is 6.58 Å². The van der Waals surface area contributed by atoms with E-state index in [0.29, 0.717) is 40.8 Å². The molecule has 0 aromatic heterocycles. The predicted octanol–water partition coefficient (Wildman–Crippen LogP) is 5.41. The van der Waals surface area contributed by atoms with Crippen LogP contribution in [0.1, 0.15) is 24.5 Å². The molecule has 5 nitrogen and oxygen atoms in total. The normalized spacial score (nSPS) is 10.8. The summed E-state index contributed by atoms with van der Waals surface area (Å²) in [6.07, 6.45) is 4.71. The zero-order valence-corrected chi connectivity index (χ0v) is 17.3. The summed E-state index contributed by atoms with van der Waals surface area (Å²) in [6.45, 7) is 6.36. The van der Waals surface area contributed by atoms with Gasteiger partial charge >= 0.3 is 0 Å². The van der Waals surface area contributed by atoms with E-state index in [4.69, 9.17) is 21.1 Å². The van der Waals surface area contributed by atoms with Crippen molar-refractivity contribution >= 4 is 29.3 Å². The Morgan fingerprint density at radius 2 is 2.03 bits per heavy atom. The molecule has 0 saturated heterocycles. The molecule has 150 valence electrons. The van der Waals surface area contributed by atoms with Crippen LogP contribution in [0.25, 0.3) is 6.08 Å². The smallest absolute Gasteiger partial charge is 0.266 e. The molecule has 0 aliphatic heterocycles. The van der Waals surface area contributed by atoms with Crippen LogP contribution < -0.4 is 14.8 Å². The minimum Gasteiger partial charge on any atom is -0.493 e. The lowest BCUT2D eigenvalue weighted by molar-refractivity contribution is -0.112. The largest absolute Gasteiger partial charge is 0.493 e. The third-order valence-corrected chi connectivity index (χ3v) is 4.22. The van der Waals surface area contributed by atoms with Crippen molar-refractivity contribution < 1.29 is 14.3 Å². The molecule has 0 aliphatic carbocycles. The first kappa shape index (κ1) is 22.1. The number of carbonyl (C=O) groups excluding carboxylic acids is 1. The molecular weight excluding hydrogens is 388 g/mol. The van der Waals surface area contributed by atoms with Crippen molar-refractivity contribution in [1.82, 2.24) is 0 Å². The molecule has 29 heavy (non-hydrogen) atoms. The number of amides is 1. The Morgan fingerprint density at radius 3 is 2.62 bits per heavy atom. The van der Waals surface area contributed by atoms with Gasteiger partial charge in [0, 0.05) is 16.3 Å². The maximum atomic E-state index is 12.5. The van der Waals surface area contributed by atoms with Gasteiger partial charge in [0.05, 0.1) is 13.7 Å². The number of methoxy groups -OCH3 is 1. The van der Waals surface area contributed by atoms with Crippen LogP contribution in [-0.2, 0) is 11.2 Å². The number of allylic oxidation sites excluding steroid dienone is 1. The number of hydrogen-bond acceptors (Lipinski definition) is 4. The van der Waals surface area contributed by atoms with Gasteiger partial charge < -0.3 is 14.8 Å². The van der Waals surface area contributed by atoms with E-state index in [0.717, 1.165) is 12.0 Å². The highest BCUT2D eigenvalue weighted by molar-refractivity contribution is 6.30. The lowest BCUT2D eigenvalue weighted by atomic mass is 10.0. The maximum absolute atomic E-state index is 12.5. The lowest BCUT2D eigenvalue weighted by Crippen LogP contribution is -2.13. The predicted molar refractivity (Wildman–Crippen MR) is 116 cm³/mol. The van der Waals surface area contributed by atoms with Gasteiger partial charge in [0.2, 0.25) is 0 Å². The molecule has 2 aromatic carbocycles. The van der Waals surface area contributed by atoms with Crippen LogP contribution in [0.4, 0.5) is 5.69 Å². The Balaban J connectivity index is 2.37. The van der Waals surface area contributed by atoms with Crippen LogP contribution in [0.5, 0.6) is 11.5 Å². The number of ether oxygens (including phenoxy) is 2. The molecule has 0 fully saturated rings. The quantitative estimate of drug-likeness (QED) is 0.340. The van der Waals surface area contributed by atoms with Crippen LogP contribution in [0, 0.1) is 11.3 Å². The van der Waals surface area contributed by atoms with Crippen LogP contribution in [-0.4, -0.2) is 19.6 Å². The number of nitrogens with zero attached hydrogens (tertiary/aromatic N) is 1. The Labute approximate surface area is 176 Å². The van der Waals surface area contributed by atoms with E-state index in [1.165, 1.54) is 6.08 Å². The fraction of sp³-hybridized carbons (Fsp3) is 0.217. The van der Waals surface area contributed by atoms with Crippen molar-refractivity contribution in [3.63, 3.8) is 0 Å². The first-order valence-corrected chi connectivity index (χ1v) is 9.53. The standard InChI is InChI=1S/C23H23ClN2O3/c1-4-6-17-12-16(14-21(28-3)22(17)29-11-5-2)13-18(15-25)23(27)26-20-9-7-19(24)8-10-20/h4,7-10,12-14H,1,5-6,11H2,2-3H3,(H,26,27)/b18-13+. The molecule has 1 N–H and O–H groups in total. The molecule has 0 aliphatic rings. The topological polar surface area (TPSA) is 71.4 Å². The third-order valence-electron chi connectivity index (χ3n) is 3.97. The summed E-state index contributed by atoms with van der Waals surface area (Å²) in [6, 6.07) is 12.2. The molecule has 0 bridgehead atoms. The highest BCUT2D eigenvalue weighted by Gasteiger charge is 2.14. The van der Waals surface area contributed by atoms with Gasteiger partial charge in [-0.2, -0.15) is 5.26 Å². The summed E-state index contributed by atoms with van der Waals surface area (Å²) in [5.74, 6) is 0.681. The Kier molecular flexibility index (Phi) is 8.32. The number of carbonyl (C=O) groups is 1. The summed E-state index contributed by atoms with van der Waals surface area (Å²) in [5.41, 5.74) is 2.04. The zero-order valence-electron chi connectivity index (χ0n) is 16.5. The fourth-order valence-electron chi connectivity index (χ4n) is 2.64. The molecule has 0 saturated carbocycles. The van der Waals surface area contributed by atoms with Crippen molar-refractivity contribution in [2.45, 2.75) is 19.8 Å². The number of hydrogen-bond donors (Lipinski definition) is 1. The van der Waals surface area contributed by atoms with Gasteiger partial charge in [0.25, 0.3) is 5.91 Å². The van der Waals surface area contributed by atoms with E-state index in [1.807, 2.05) is 19.1 Å². The van der Waals surface area contributed by atoms with Crippen LogP contribution >= 0.6 is 11.6 Å². The molecule has 0 heterocycles. The van der Waals surface area contributed by atoms with Crippen LogP contribution in [0.15, 0.2) is 54.6 Å². The van der Waals surface area contributed by atoms with Crippen molar-refractivity contribution in [2.24, 2.45) is 0 Å². The Bertz CT molecular complexity index is 944. The van der Waals surface area contributed by atoms with Crippen molar-refractivity contribution in [3.05, 3.63) is 70.8 Å². The summed E-state index contributed by atoms with van der Waals surface area (Å²) < 4.78 is 11.3. The zero-order chi connectivity index (χ0) is 21.2. The second kappa shape index (κ2) is 10.9. The molecule has 2 rings (SSSR count). The number of nitriles is 1. The van der Waals surface area contributed by atoms with Gasteiger partial charge in [0.1, 0.15) is 11.6 Å². The second-order valence-corrected chi connectivity index (χ2v) is 6.62. The molecule has 0 spiro atoms. The summed E-state index contributed by atoms with van der Waals surface area (Å²) >= 11 is 5.85. The number of rotatable bonds is 9. The molecule has 6 heteroatoms. The van der Waals surface area contributed by atoms with E-state index < -0.39 is 5.91 Å². The van der Waals surface area contributed by atoms with Gasteiger partial charge in [0.15, 0.2) is 11.5 Å². The Hall–Kier alpha value is -3.23. The highest BCUT2D eigenvalue weighted by Crippen LogP contribution is 2.34. The van der Waals surface area contributed by atoms with Gasteiger partial charge in [-0.1, -0.05) is 24.6 Å². The maximum Gasteiger partial charge on any atom is 0.266 e. The molecule has 1 amide bonds. The Morgan fingerprint density at radius 1 is 1.31 bits per heavy atom. The lowest BCUT2D eigenvalue weighted by Gasteiger charge is -2.15. The molecule has 0 unspecified atom stereocenters. The van der Waals surface area contributed by atoms with Gasteiger partial charge in [-0.25, -0.2) is 0 Å². The summed E-state index contributed by atoms with van der Waals surface area (Å²) in [4.78, 5) is 12.5. The van der Waals surface area contributed by atoms with Crippen molar-refractivity contribution in [2.75, 3.05) is 19.0 Å². The SMILES string of the molecule is C=CCc1cc(/C=C(\C#N)C(=O)Nc2ccc(Cl)cc2)cc(OC)c1OCCC. The van der Waals surface area contributed by atoms with E-state index in [-0.39, 0.29) is 5.57 Å². The number of anilines is 1. The summed E-state index contributed by atoms with van der Waals surface area (Å²) in [7, 11) is 1.55. The van der Waals surface area contributed by atoms with Crippen molar-refractivity contribution in [3.8, 4) is 17.6 Å². The fourth-order valence-corrected chi connectivity index (χ4v) is 2.77. The number of halogens is 1. The van der Waals surface area contributed by atoms with Gasteiger partial charge in [-0.05, 0) is 60.9 Å².